The number of unbranched alkanes of at least 4 members (excludes halogenated alkanes) is 1. The van der Waals surface area contributed by atoms with E-state index in [1.165, 1.54) is 7.11 Å². The van der Waals surface area contributed by atoms with Gasteiger partial charge in [-0.3, -0.25) is 24.0 Å². The van der Waals surface area contributed by atoms with E-state index in [1.807, 2.05) is 6.92 Å². The van der Waals surface area contributed by atoms with Gasteiger partial charge in [0, 0.05) is 25.8 Å². The molecule has 1 aromatic heterocycles. The molecule has 0 aliphatic rings. The molecule has 30 heavy (non-hydrogen) atoms. The van der Waals surface area contributed by atoms with Crippen molar-refractivity contribution in [2.45, 2.75) is 32.5 Å². The quantitative estimate of drug-likeness (QED) is 0.670. The van der Waals surface area contributed by atoms with Gasteiger partial charge in [-0.2, -0.15) is 13.2 Å². The lowest BCUT2D eigenvalue weighted by molar-refractivity contribution is -0.137. The average Bonchev–Trinajstić information content (AvgIpc) is 2.69. The summed E-state index contributed by atoms with van der Waals surface area (Å²) in [5, 5.41) is 0. The number of carbonyl (C=O) groups excluding carboxylic acids is 1. The van der Waals surface area contributed by atoms with E-state index in [1.54, 1.807) is 0 Å². The van der Waals surface area contributed by atoms with Crippen LogP contribution in [-0.2, 0) is 17.5 Å². The first-order chi connectivity index (χ1) is 14.1. The van der Waals surface area contributed by atoms with Crippen LogP contribution >= 0.6 is 0 Å². The number of methoxy groups -OCH3 is 1. The standard InChI is InChI=1S/C19H23F3N4O4/c1-3-4-9-26-15(23)14(16(27)24-18(26)29)25(10-11-30-2)17(28)12-5-7-13(8-6-12)19(20,21)22/h5-8H,3-4,9-11,23H2,1-2H3,(H,24,27,29). The minimum Gasteiger partial charge on any atom is -0.383 e. The lowest BCUT2D eigenvalue weighted by atomic mass is 10.1. The number of rotatable bonds is 8. The van der Waals surface area contributed by atoms with Gasteiger partial charge in [0.1, 0.15) is 5.82 Å². The van der Waals surface area contributed by atoms with Crippen molar-refractivity contribution >= 4 is 17.4 Å². The molecule has 0 saturated heterocycles. The number of aromatic nitrogens is 2. The summed E-state index contributed by atoms with van der Waals surface area (Å²) in [5.74, 6) is -0.952. The Balaban J connectivity index is 2.53. The van der Waals surface area contributed by atoms with E-state index < -0.39 is 28.9 Å². The van der Waals surface area contributed by atoms with Crippen molar-refractivity contribution in [1.82, 2.24) is 9.55 Å². The maximum absolute atomic E-state index is 13.0. The second-order valence-corrected chi connectivity index (χ2v) is 6.52. The highest BCUT2D eigenvalue weighted by Crippen LogP contribution is 2.29. The zero-order valence-corrected chi connectivity index (χ0v) is 16.6. The highest BCUT2D eigenvalue weighted by atomic mass is 19.4. The van der Waals surface area contributed by atoms with Crippen LogP contribution in [0.1, 0.15) is 35.7 Å². The fourth-order valence-electron chi connectivity index (χ4n) is 2.83. The number of amides is 1. The monoisotopic (exact) mass is 428 g/mol. The van der Waals surface area contributed by atoms with Crippen molar-refractivity contribution in [2.75, 3.05) is 30.9 Å². The molecule has 0 atom stereocenters. The molecule has 0 fully saturated rings. The van der Waals surface area contributed by atoms with E-state index in [0.717, 1.165) is 40.2 Å². The maximum Gasteiger partial charge on any atom is 0.416 e. The van der Waals surface area contributed by atoms with Gasteiger partial charge in [0.15, 0.2) is 5.69 Å². The Kier molecular flexibility index (Phi) is 7.43. The zero-order valence-electron chi connectivity index (χ0n) is 16.6. The van der Waals surface area contributed by atoms with Crippen LogP contribution in [-0.4, -0.2) is 35.7 Å². The van der Waals surface area contributed by atoms with Crippen molar-refractivity contribution in [2.24, 2.45) is 0 Å². The first-order valence-corrected chi connectivity index (χ1v) is 9.22. The van der Waals surface area contributed by atoms with Crippen molar-refractivity contribution in [3.05, 3.63) is 56.2 Å². The lowest BCUT2D eigenvalue weighted by Crippen LogP contribution is -2.42. The first-order valence-electron chi connectivity index (χ1n) is 9.22. The number of benzene rings is 1. The van der Waals surface area contributed by atoms with Crippen LogP contribution in [0, 0.1) is 0 Å². The third-order valence-electron chi connectivity index (χ3n) is 4.44. The fraction of sp³-hybridized carbons (Fsp3) is 0.421. The normalized spacial score (nSPS) is 11.5. The molecular formula is C19H23F3N4O4. The SMILES string of the molecule is CCCCn1c(N)c(N(CCOC)C(=O)c2ccc(C(F)(F)F)cc2)c(=O)[nH]c1=O. The topological polar surface area (TPSA) is 110 Å². The molecule has 0 aliphatic carbocycles. The zero-order chi connectivity index (χ0) is 22.5. The molecular weight excluding hydrogens is 405 g/mol. The number of hydrogen-bond donors (Lipinski definition) is 2. The molecule has 8 nitrogen and oxygen atoms in total. The number of aromatic amines is 1. The van der Waals surface area contributed by atoms with E-state index in [9.17, 15) is 27.6 Å². The summed E-state index contributed by atoms with van der Waals surface area (Å²) in [6, 6.07) is 3.58. The van der Waals surface area contributed by atoms with Gasteiger partial charge in [-0.25, -0.2) is 4.79 Å². The number of halogens is 3. The van der Waals surface area contributed by atoms with Gasteiger partial charge in [0.05, 0.1) is 12.2 Å². The predicted molar refractivity (Wildman–Crippen MR) is 106 cm³/mol. The summed E-state index contributed by atoms with van der Waals surface area (Å²) in [6.07, 6.45) is -3.17. The molecule has 0 spiro atoms. The van der Waals surface area contributed by atoms with Crippen molar-refractivity contribution in [1.29, 1.82) is 0 Å². The van der Waals surface area contributed by atoms with E-state index in [2.05, 4.69) is 4.98 Å². The molecule has 2 rings (SSSR count). The van der Waals surface area contributed by atoms with Crippen LogP contribution in [0.15, 0.2) is 33.9 Å². The Hall–Kier alpha value is -3.08. The Morgan fingerprint density at radius 1 is 1.23 bits per heavy atom. The summed E-state index contributed by atoms with van der Waals surface area (Å²) in [7, 11) is 1.39. The van der Waals surface area contributed by atoms with Crippen LogP contribution in [0.4, 0.5) is 24.7 Å². The summed E-state index contributed by atoms with van der Waals surface area (Å²) in [4.78, 5) is 40.8. The minimum absolute atomic E-state index is 0.0271. The molecule has 1 heterocycles. The van der Waals surface area contributed by atoms with Gasteiger partial charge in [0.2, 0.25) is 0 Å². The summed E-state index contributed by atoms with van der Waals surface area (Å²) in [6.45, 7) is 2.07. The van der Waals surface area contributed by atoms with Crippen LogP contribution in [0.2, 0.25) is 0 Å². The molecule has 2 aromatic rings. The number of hydrogen-bond acceptors (Lipinski definition) is 5. The van der Waals surface area contributed by atoms with Gasteiger partial charge in [0.25, 0.3) is 11.5 Å². The van der Waals surface area contributed by atoms with Crippen molar-refractivity contribution in [3.63, 3.8) is 0 Å². The Morgan fingerprint density at radius 2 is 1.87 bits per heavy atom. The van der Waals surface area contributed by atoms with E-state index in [-0.39, 0.29) is 36.8 Å². The van der Waals surface area contributed by atoms with Crippen LogP contribution in [0.25, 0.3) is 0 Å². The molecule has 1 aromatic carbocycles. The molecule has 0 aliphatic heterocycles. The van der Waals surface area contributed by atoms with Crippen LogP contribution in [0.3, 0.4) is 0 Å². The molecule has 0 bridgehead atoms. The predicted octanol–water partition coefficient (Wildman–Crippen LogP) is 2.23. The van der Waals surface area contributed by atoms with Gasteiger partial charge >= 0.3 is 11.9 Å². The van der Waals surface area contributed by atoms with Gasteiger partial charge in [-0.1, -0.05) is 13.3 Å². The average molecular weight is 428 g/mol. The number of alkyl halides is 3. The highest BCUT2D eigenvalue weighted by molar-refractivity contribution is 6.07. The molecule has 1 amide bonds. The maximum atomic E-state index is 13.0. The number of nitrogen functional groups attached to an aromatic ring is 1. The van der Waals surface area contributed by atoms with E-state index >= 15 is 0 Å². The minimum atomic E-state index is -4.55. The smallest absolute Gasteiger partial charge is 0.383 e. The van der Waals surface area contributed by atoms with Gasteiger partial charge in [-0.15, -0.1) is 0 Å². The molecule has 3 N–H and O–H groups in total. The van der Waals surface area contributed by atoms with Crippen LogP contribution < -0.4 is 21.9 Å². The molecule has 0 saturated carbocycles. The van der Waals surface area contributed by atoms with E-state index in [4.69, 9.17) is 10.5 Å². The number of carbonyl (C=O) groups is 1. The highest BCUT2D eigenvalue weighted by Gasteiger charge is 2.31. The second-order valence-electron chi connectivity index (χ2n) is 6.52. The number of nitrogens with one attached hydrogen (secondary N) is 1. The summed E-state index contributed by atoms with van der Waals surface area (Å²) >= 11 is 0. The molecule has 0 unspecified atom stereocenters. The molecule has 164 valence electrons. The molecule has 0 radical (unpaired) electrons. The number of nitrogens with zero attached hydrogens (tertiary/aromatic N) is 2. The second kappa shape index (κ2) is 9.61. The first kappa shape index (κ1) is 23.2. The number of ether oxygens (including phenoxy) is 1. The number of nitrogens with two attached hydrogens (primary N) is 1. The Morgan fingerprint density at radius 3 is 2.40 bits per heavy atom. The Bertz CT molecular complexity index is 997. The largest absolute Gasteiger partial charge is 0.416 e. The van der Waals surface area contributed by atoms with Crippen molar-refractivity contribution < 1.29 is 22.7 Å². The summed E-state index contributed by atoms with van der Waals surface area (Å²) in [5.41, 5.74) is 3.23. The molecule has 11 heteroatoms. The number of H-pyrrole nitrogens is 1. The lowest BCUT2D eigenvalue weighted by Gasteiger charge is -2.24. The van der Waals surface area contributed by atoms with Gasteiger partial charge in [-0.05, 0) is 30.7 Å². The van der Waals surface area contributed by atoms with Crippen LogP contribution in [0.5, 0.6) is 0 Å². The van der Waals surface area contributed by atoms with Gasteiger partial charge < -0.3 is 10.5 Å². The number of anilines is 2. The van der Waals surface area contributed by atoms with E-state index in [0.29, 0.717) is 6.42 Å². The summed E-state index contributed by atoms with van der Waals surface area (Å²) < 4.78 is 44.5. The fourth-order valence-corrected chi connectivity index (χ4v) is 2.83. The third kappa shape index (κ3) is 5.09. The third-order valence-corrected chi connectivity index (χ3v) is 4.44. The Labute approximate surface area is 170 Å². The van der Waals surface area contributed by atoms with Crippen molar-refractivity contribution in [3.8, 4) is 0 Å².